The van der Waals surface area contributed by atoms with Crippen molar-refractivity contribution >= 4 is 16.6 Å². The van der Waals surface area contributed by atoms with E-state index in [1.54, 1.807) is 0 Å². The van der Waals surface area contributed by atoms with Crippen LogP contribution in [0.25, 0.3) is 22.2 Å². The maximum absolute atomic E-state index is 15.2. The number of halogens is 2. The molecule has 0 saturated carbocycles. The first kappa shape index (κ1) is 14.0. The highest BCUT2D eigenvalue weighted by Gasteiger charge is 2.43. The molecule has 8 nitrogen and oxygen atoms in total. The third-order valence-corrected chi connectivity index (χ3v) is 6.01. The summed E-state index contributed by atoms with van der Waals surface area (Å²) in [6.45, 7) is -5.66. The number of nitrogens with one attached hydrogen (secondary N) is 1. The first-order chi connectivity index (χ1) is 17.3. The van der Waals surface area contributed by atoms with Gasteiger partial charge in [0.25, 0.3) is 5.56 Å². The lowest BCUT2D eigenvalue weighted by Crippen LogP contribution is -2.55. The Labute approximate surface area is 185 Å². The fourth-order valence-corrected chi connectivity index (χ4v) is 4.41. The van der Waals surface area contributed by atoms with Crippen LogP contribution in [0.1, 0.15) is 27.5 Å². The lowest BCUT2D eigenvalue weighted by atomic mass is 9.96. The Balaban J connectivity index is 1.53. The highest BCUT2D eigenvalue weighted by atomic mass is 19.1. The van der Waals surface area contributed by atoms with Gasteiger partial charge in [0.15, 0.2) is 11.6 Å². The molecule has 0 aliphatic carbocycles. The Morgan fingerprint density at radius 1 is 1.32 bits per heavy atom. The van der Waals surface area contributed by atoms with Gasteiger partial charge in [-0.25, -0.2) is 13.8 Å². The summed E-state index contributed by atoms with van der Waals surface area (Å²) in [6, 6.07) is 0.547. The number of phenolic OH excluding ortho intramolecular Hbond substituents is 1. The van der Waals surface area contributed by atoms with Gasteiger partial charge >= 0.3 is 0 Å². The van der Waals surface area contributed by atoms with E-state index >= 15 is 4.39 Å². The number of nitrogens with zero attached hydrogens (tertiary/aromatic N) is 5. The van der Waals surface area contributed by atoms with Gasteiger partial charge in [0.2, 0.25) is 0 Å². The number of rotatable bonds is 3. The van der Waals surface area contributed by atoms with Crippen molar-refractivity contribution in [2.24, 2.45) is 6.98 Å². The predicted molar refractivity (Wildman–Crippen MR) is 111 cm³/mol. The number of anilines is 1. The molecular weight excluding hydrogens is 406 g/mol. The number of hydrogen-bond donors (Lipinski definition) is 2. The smallest absolute Gasteiger partial charge is 0.258 e. The Bertz CT molecular complexity index is 1410. The van der Waals surface area contributed by atoms with Crippen LogP contribution in [0, 0.1) is 5.82 Å². The van der Waals surface area contributed by atoms with Crippen LogP contribution in [-0.2, 0) is 6.98 Å². The Hall–Kier alpha value is -3.14. The molecular formula is C21H22F2N6O2. The third-order valence-electron chi connectivity index (χ3n) is 6.01. The summed E-state index contributed by atoms with van der Waals surface area (Å²) in [4.78, 5) is 17.5. The van der Waals surface area contributed by atoms with Crippen LogP contribution in [0.3, 0.4) is 0 Å². The SMILES string of the molecule is [2H]C([2H])([2H])N(c1cnc(-c2cc3c(F)cn(C([2H])([2H])[2H])c(=O)c3cc2O)nn1)[C@@H]1C[C@H]2CCC(N2)[C@@H]1F. The quantitative estimate of drug-likeness (QED) is 0.650. The molecule has 0 spiro atoms. The lowest BCUT2D eigenvalue weighted by molar-refractivity contribution is 0.176. The van der Waals surface area contributed by atoms with Crippen molar-refractivity contribution < 1.29 is 22.1 Å². The first-order valence-corrected chi connectivity index (χ1v) is 9.73. The molecule has 31 heavy (non-hydrogen) atoms. The molecule has 2 bridgehead atoms. The number of hydrogen-bond acceptors (Lipinski definition) is 7. The number of aryl methyl sites for hydroxylation is 1. The fraction of sp³-hybridized carbons (Fsp3) is 0.429. The summed E-state index contributed by atoms with van der Waals surface area (Å²) >= 11 is 0. The van der Waals surface area contributed by atoms with Crippen LogP contribution in [-0.4, -0.2) is 56.1 Å². The second-order valence-electron chi connectivity index (χ2n) is 7.87. The van der Waals surface area contributed by atoms with Gasteiger partial charge in [-0.3, -0.25) is 4.79 Å². The minimum Gasteiger partial charge on any atom is -0.507 e. The standard InChI is InChI=1S/C21H22F2N6O2/c1-28-9-14(22)11-6-13(17(30)7-12(11)21(28)31)20-24-8-18(26-27-20)29(2)16-5-10-3-4-15(25-10)19(16)23/h6-10,15-16,19,25,30H,3-5H2,1-2H3/t10-,15?,16-,19+/m1/s1/i1D3,2D3. The number of alkyl halides is 1. The van der Waals surface area contributed by atoms with Gasteiger partial charge in [-0.05, 0) is 31.4 Å². The number of pyridine rings is 1. The average Bonchev–Trinajstić information content (AvgIpc) is 3.22. The molecule has 2 N–H and O–H groups in total. The molecule has 2 aliphatic heterocycles. The summed E-state index contributed by atoms with van der Waals surface area (Å²) in [5, 5.41) is 20.8. The second-order valence-corrected chi connectivity index (χ2v) is 7.87. The van der Waals surface area contributed by atoms with E-state index in [4.69, 9.17) is 8.22 Å². The van der Waals surface area contributed by atoms with E-state index in [0.717, 1.165) is 29.7 Å². The number of aromatic hydroxyl groups is 1. The highest BCUT2D eigenvalue weighted by Crippen LogP contribution is 2.34. The van der Waals surface area contributed by atoms with E-state index in [2.05, 4.69) is 20.5 Å². The van der Waals surface area contributed by atoms with Crippen molar-refractivity contribution in [3.8, 4) is 17.1 Å². The molecule has 4 atom stereocenters. The number of piperidine rings is 1. The summed E-state index contributed by atoms with van der Waals surface area (Å²) in [5.74, 6) is -1.98. The molecule has 3 aromatic rings. The topological polar surface area (TPSA) is 96.2 Å². The predicted octanol–water partition coefficient (Wildman–Crippen LogP) is 1.90. The highest BCUT2D eigenvalue weighted by molar-refractivity contribution is 5.89. The largest absolute Gasteiger partial charge is 0.507 e. The van der Waals surface area contributed by atoms with Crippen molar-refractivity contribution in [1.29, 1.82) is 0 Å². The summed E-state index contributed by atoms with van der Waals surface area (Å²) in [6.07, 6.45) is 1.79. The van der Waals surface area contributed by atoms with Crippen molar-refractivity contribution in [3.05, 3.63) is 40.7 Å². The molecule has 4 heterocycles. The molecule has 162 valence electrons. The van der Waals surface area contributed by atoms with E-state index in [-0.39, 0.29) is 45.0 Å². The minimum absolute atomic E-state index is 0.00798. The van der Waals surface area contributed by atoms with E-state index in [1.165, 1.54) is 0 Å². The van der Waals surface area contributed by atoms with Crippen LogP contribution in [0.5, 0.6) is 5.75 Å². The van der Waals surface area contributed by atoms with E-state index < -0.39 is 49.3 Å². The molecule has 5 rings (SSSR count). The Kier molecular flexibility index (Phi) is 3.27. The fourth-order valence-electron chi connectivity index (χ4n) is 4.41. The van der Waals surface area contributed by atoms with Gasteiger partial charge in [0.1, 0.15) is 17.7 Å². The molecule has 0 radical (unpaired) electrons. The molecule has 2 saturated heterocycles. The van der Waals surface area contributed by atoms with Gasteiger partial charge in [0.05, 0.1) is 23.2 Å². The lowest BCUT2D eigenvalue weighted by Gasteiger charge is -2.38. The van der Waals surface area contributed by atoms with Crippen LogP contribution in [0.2, 0.25) is 0 Å². The molecule has 0 amide bonds. The summed E-state index contributed by atoms with van der Waals surface area (Å²) in [5.41, 5.74) is -1.15. The number of benzene rings is 1. The molecule has 1 aromatic carbocycles. The van der Waals surface area contributed by atoms with Crippen molar-refractivity contribution in [3.63, 3.8) is 0 Å². The molecule has 1 unspecified atom stereocenters. The third kappa shape index (κ3) is 3.21. The molecule has 2 aliphatic rings. The minimum atomic E-state index is -2.93. The van der Waals surface area contributed by atoms with Gasteiger partial charge in [-0.2, -0.15) is 0 Å². The zero-order valence-corrected chi connectivity index (χ0v) is 16.1. The summed E-state index contributed by atoms with van der Waals surface area (Å²) < 4.78 is 76.3. The van der Waals surface area contributed by atoms with Crippen molar-refractivity contribution in [2.45, 2.75) is 43.6 Å². The second kappa shape index (κ2) is 7.23. The van der Waals surface area contributed by atoms with Crippen LogP contribution in [0.4, 0.5) is 14.6 Å². The maximum atomic E-state index is 15.2. The molecule has 2 fully saturated rings. The Morgan fingerprint density at radius 2 is 2.19 bits per heavy atom. The maximum Gasteiger partial charge on any atom is 0.258 e. The van der Waals surface area contributed by atoms with Crippen molar-refractivity contribution in [1.82, 2.24) is 25.1 Å². The first-order valence-electron chi connectivity index (χ1n) is 12.7. The number of phenols is 1. The van der Waals surface area contributed by atoms with Gasteiger partial charge in [-0.15, -0.1) is 10.2 Å². The molecule has 2 aromatic heterocycles. The average molecular weight is 434 g/mol. The van der Waals surface area contributed by atoms with Crippen LogP contribution in [0.15, 0.2) is 29.3 Å². The number of fused-ring (bicyclic) bond motifs is 3. The number of aromatic nitrogens is 4. The van der Waals surface area contributed by atoms with Crippen LogP contribution >= 0.6 is 0 Å². The van der Waals surface area contributed by atoms with Gasteiger partial charge < -0.3 is 19.9 Å². The normalized spacial score (nSPS) is 28.8. The zero-order valence-electron chi connectivity index (χ0n) is 22.1. The van der Waals surface area contributed by atoms with E-state index in [0.29, 0.717) is 12.6 Å². The monoisotopic (exact) mass is 434 g/mol. The van der Waals surface area contributed by atoms with E-state index in [1.807, 2.05) is 0 Å². The molecule has 10 heteroatoms. The Morgan fingerprint density at radius 3 is 2.94 bits per heavy atom. The van der Waals surface area contributed by atoms with E-state index in [9.17, 15) is 14.3 Å². The summed E-state index contributed by atoms with van der Waals surface area (Å²) in [7, 11) is 0. The zero-order chi connectivity index (χ0) is 26.9. The van der Waals surface area contributed by atoms with Gasteiger partial charge in [-0.1, -0.05) is 0 Å². The van der Waals surface area contributed by atoms with Crippen molar-refractivity contribution in [2.75, 3.05) is 11.9 Å². The van der Waals surface area contributed by atoms with Gasteiger partial charge in [0, 0.05) is 45.8 Å². The van der Waals surface area contributed by atoms with Crippen LogP contribution < -0.4 is 15.8 Å².